The Morgan fingerprint density at radius 3 is 2.55 bits per heavy atom. The molecule has 1 N–H and O–H groups in total. The number of carboxylic acid groups (broad SMARTS) is 1. The lowest BCUT2D eigenvalue weighted by Crippen LogP contribution is -2.39. The van der Waals surface area contributed by atoms with Gasteiger partial charge >= 0.3 is 5.97 Å². The lowest BCUT2D eigenvalue weighted by Gasteiger charge is -2.30. The molecule has 1 aromatic carbocycles. The summed E-state index contributed by atoms with van der Waals surface area (Å²) in [5, 5.41) is 12.8. The van der Waals surface area contributed by atoms with Gasteiger partial charge in [-0.2, -0.15) is 4.98 Å². The van der Waals surface area contributed by atoms with Crippen LogP contribution in [-0.4, -0.2) is 55.1 Å². The summed E-state index contributed by atoms with van der Waals surface area (Å²) in [7, 11) is 0. The van der Waals surface area contributed by atoms with Crippen molar-refractivity contribution in [3.05, 3.63) is 59.8 Å². The minimum Gasteiger partial charge on any atom is -0.476 e. The molecule has 0 aliphatic carbocycles. The molecule has 1 fully saturated rings. The molecule has 0 spiro atoms. The highest BCUT2D eigenvalue weighted by Gasteiger charge is 2.30. The van der Waals surface area contributed by atoms with Gasteiger partial charge in [-0.3, -0.25) is 4.79 Å². The molecule has 3 aromatic rings. The van der Waals surface area contributed by atoms with Crippen molar-refractivity contribution in [1.29, 1.82) is 0 Å². The molecule has 1 aliphatic rings. The van der Waals surface area contributed by atoms with E-state index in [9.17, 15) is 14.0 Å². The molecule has 4 rings (SSSR count). The van der Waals surface area contributed by atoms with E-state index in [4.69, 9.17) is 9.63 Å². The molecule has 148 valence electrons. The van der Waals surface area contributed by atoms with Crippen LogP contribution in [0.1, 0.15) is 45.6 Å². The van der Waals surface area contributed by atoms with Gasteiger partial charge in [0.25, 0.3) is 5.91 Å². The third-order valence-electron chi connectivity index (χ3n) is 4.69. The Morgan fingerprint density at radius 2 is 1.86 bits per heavy atom. The van der Waals surface area contributed by atoms with E-state index in [0.29, 0.717) is 30.4 Å². The Balaban J connectivity index is 1.47. The van der Waals surface area contributed by atoms with E-state index in [1.807, 2.05) is 0 Å². The van der Waals surface area contributed by atoms with Crippen molar-refractivity contribution < 1.29 is 23.6 Å². The number of halogens is 1. The second kappa shape index (κ2) is 7.74. The van der Waals surface area contributed by atoms with E-state index in [0.717, 1.165) is 25.2 Å². The molecule has 3 heterocycles. The molecule has 9 nitrogen and oxygen atoms in total. The predicted octanol–water partition coefficient (Wildman–Crippen LogP) is 2.38. The van der Waals surface area contributed by atoms with Crippen molar-refractivity contribution in [2.75, 3.05) is 13.1 Å². The molecule has 0 saturated carbocycles. The fourth-order valence-corrected chi connectivity index (χ4v) is 3.19. The van der Waals surface area contributed by atoms with Crippen LogP contribution in [0.3, 0.4) is 0 Å². The second-order valence-corrected chi connectivity index (χ2v) is 6.65. The molecular formula is C19H16FN5O4. The summed E-state index contributed by atoms with van der Waals surface area (Å²) in [4.78, 5) is 37.2. The zero-order chi connectivity index (χ0) is 20.4. The molecule has 1 aliphatic heterocycles. The van der Waals surface area contributed by atoms with Crippen LogP contribution >= 0.6 is 0 Å². The molecule has 1 unspecified atom stereocenters. The Labute approximate surface area is 164 Å². The van der Waals surface area contributed by atoms with Crippen molar-refractivity contribution >= 4 is 11.9 Å². The number of aromatic nitrogens is 4. The Morgan fingerprint density at radius 1 is 1.14 bits per heavy atom. The number of rotatable bonds is 4. The van der Waals surface area contributed by atoms with Crippen molar-refractivity contribution in [1.82, 2.24) is 25.0 Å². The number of piperidine rings is 1. The second-order valence-electron chi connectivity index (χ2n) is 6.65. The van der Waals surface area contributed by atoms with Crippen molar-refractivity contribution in [2.45, 2.75) is 18.8 Å². The third kappa shape index (κ3) is 3.96. The van der Waals surface area contributed by atoms with Gasteiger partial charge in [-0.1, -0.05) is 5.16 Å². The van der Waals surface area contributed by atoms with Crippen LogP contribution < -0.4 is 0 Å². The molecule has 2 aromatic heterocycles. The molecule has 0 radical (unpaired) electrons. The zero-order valence-electron chi connectivity index (χ0n) is 15.2. The quantitative estimate of drug-likeness (QED) is 0.712. The Bertz CT molecular complexity index is 1040. The smallest absolute Gasteiger partial charge is 0.356 e. The summed E-state index contributed by atoms with van der Waals surface area (Å²) in [6, 6.07) is 5.78. The number of likely N-dealkylation sites (tertiary alicyclic amines) is 1. The standard InChI is InChI=1S/C19H16FN5O4/c20-13-5-3-11(4-6-13)16-23-17(29-24-16)12-2-1-7-25(10-12)18(26)14-8-22-15(9-21-14)19(27)28/h3-6,8-9,12H,1-2,7,10H2,(H,27,28). The zero-order valence-corrected chi connectivity index (χ0v) is 15.2. The first-order chi connectivity index (χ1) is 14.0. The largest absolute Gasteiger partial charge is 0.476 e. The van der Waals surface area contributed by atoms with E-state index in [2.05, 4.69) is 20.1 Å². The number of nitrogens with zero attached hydrogens (tertiary/aromatic N) is 5. The summed E-state index contributed by atoms with van der Waals surface area (Å²) in [5.41, 5.74) is 0.490. The molecule has 0 bridgehead atoms. The Hall–Kier alpha value is -3.69. The first-order valence-electron chi connectivity index (χ1n) is 8.95. The number of carbonyl (C=O) groups is 2. The molecular weight excluding hydrogens is 381 g/mol. The minimum absolute atomic E-state index is 0.0770. The van der Waals surface area contributed by atoms with Crippen LogP contribution in [-0.2, 0) is 0 Å². The van der Waals surface area contributed by atoms with Crippen molar-refractivity contribution in [2.24, 2.45) is 0 Å². The van der Waals surface area contributed by atoms with E-state index in [1.165, 1.54) is 12.1 Å². The summed E-state index contributed by atoms with van der Waals surface area (Å²) in [6.45, 7) is 0.906. The van der Waals surface area contributed by atoms with E-state index < -0.39 is 5.97 Å². The van der Waals surface area contributed by atoms with Crippen LogP contribution in [0.4, 0.5) is 4.39 Å². The first-order valence-corrected chi connectivity index (χ1v) is 8.95. The van der Waals surface area contributed by atoms with Gasteiger partial charge in [0.05, 0.1) is 18.3 Å². The first kappa shape index (κ1) is 18.7. The fourth-order valence-electron chi connectivity index (χ4n) is 3.19. The average molecular weight is 397 g/mol. The van der Waals surface area contributed by atoms with E-state index in [1.54, 1.807) is 17.0 Å². The predicted molar refractivity (Wildman–Crippen MR) is 96.6 cm³/mol. The van der Waals surface area contributed by atoms with Crippen LogP contribution in [0.5, 0.6) is 0 Å². The van der Waals surface area contributed by atoms with Crippen LogP contribution in [0, 0.1) is 5.82 Å². The summed E-state index contributed by atoms with van der Waals surface area (Å²) in [6.07, 6.45) is 3.74. The van der Waals surface area contributed by atoms with E-state index >= 15 is 0 Å². The monoisotopic (exact) mass is 397 g/mol. The molecule has 1 atom stereocenters. The Kier molecular flexibility index (Phi) is 4.98. The van der Waals surface area contributed by atoms with Gasteiger partial charge in [-0.25, -0.2) is 19.2 Å². The average Bonchev–Trinajstić information content (AvgIpc) is 3.24. The van der Waals surface area contributed by atoms with Crippen molar-refractivity contribution in [3.63, 3.8) is 0 Å². The van der Waals surface area contributed by atoms with Gasteiger partial charge < -0.3 is 14.5 Å². The fraction of sp³-hybridized carbons (Fsp3) is 0.263. The summed E-state index contributed by atoms with van der Waals surface area (Å²) in [5.74, 6) is -1.26. The maximum atomic E-state index is 13.1. The number of carbonyl (C=O) groups excluding carboxylic acids is 1. The molecule has 29 heavy (non-hydrogen) atoms. The normalized spacial score (nSPS) is 16.6. The number of aromatic carboxylic acids is 1. The van der Waals surface area contributed by atoms with Gasteiger partial charge in [0, 0.05) is 18.7 Å². The lowest BCUT2D eigenvalue weighted by atomic mass is 9.97. The number of amides is 1. The van der Waals surface area contributed by atoms with E-state index in [-0.39, 0.29) is 29.0 Å². The van der Waals surface area contributed by atoms with Crippen molar-refractivity contribution in [3.8, 4) is 11.4 Å². The van der Waals surface area contributed by atoms with Gasteiger partial charge in [-0.05, 0) is 37.1 Å². The minimum atomic E-state index is -1.21. The summed E-state index contributed by atoms with van der Waals surface area (Å²) < 4.78 is 18.5. The molecule has 1 amide bonds. The van der Waals surface area contributed by atoms with Crippen LogP contribution in [0.2, 0.25) is 0 Å². The van der Waals surface area contributed by atoms with Gasteiger partial charge in [-0.15, -0.1) is 0 Å². The number of carboxylic acids is 1. The highest BCUT2D eigenvalue weighted by molar-refractivity contribution is 5.92. The van der Waals surface area contributed by atoms with Gasteiger partial charge in [0.2, 0.25) is 11.7 Å². The maximum Gasteiger partial charge on any atom is 0.356 e. The van der Waals surface area contributed by atoms with Crippen LogP contribution in [0.25, 0.3) is 11.4 Å². The molecule has 10 heteroatoms. The maximum absolute atomic E-state index is 13.1. The van der Waals surface area contributed by atoms with Gasteiger partial charge in [0.1, 0.15) is 11.5 Å². The highest BCUT2D eigenvalue weighted by Crippen LogP contribution is 2.28. The number of hydrogen-bond donors (Lipinski definition) is 1. The van der Waals surface area contributed by atoms with Gasteiger partial charge in [0.15, 0.2) is 5.69 Å². The summed E-state index contributed by atoms with van der Waals surface area (Å²) >= 11 is 0. The lowest BCUT2D eigenvalue weighted by molar-refractivity contribution is 0.0672. The topological polar surface area (TPSA) is 122 Å². The number of benzene rings is 1. The highest BCUT2D eigenvalue weighted by atomic mass is 19.1. The number of hydrogen-bond acceptors (Lipinski definition) is 7. The third-order valence-corrected chi connectivity index (χ3v) is 4.69. The van der Waals surface area contributed by atoms with Crippen LogP contribution in [0.15, 0.2) is 41.2 Å². The SMILES string of the molecule is O=C(O)c1cnc(C(=O)N2CCCC(c3nc(-c4ccc(F)cc4)no3)C2)cn1. The molecule has 1 saturated heterocycles.